The van der Waals surface area contributed by atoms with Crippen LogP contribution in [-0.4, -0.2) is 16.8 Å². The first-order valence-electron chi connectivity index (χ1n) is 8.99. The van der Waals surface area contributed by atoms with Crippen molar-refractivity contribution >= 4 is 40.0 Å². The van der Waals surface area contributed by atoms with Crippen molar-refractivity contribution in [3.8, 4) is 0 Å². The van der Waals surface area contributed by atoms with Gasteiger partial charge >= 0.3 is 0 Å². The Morgan fingerprint density at radius 1 is 1.11 bits per heavy atom. The number of amides is 2. The average molecular weight is 382 g/mol. The van der Waals surface area contributed by atoms with E-state index in [4.69, 9.17) is 11.6 Å². The zero-order valence-corrected chi connectivity index (χ0v) is 15.6. The van der Waals surface area contributed by atoms with Crippen molar-refractivity contribution in [2.24, 2.45) is 5.92 Å². The molecule has 3 N–H and O–H groups in total. The van der Waals surface area contributed by atoms with Crippen molar-refractivity contribution in [2.45, 2.75) is 25.8 Å². The summed E-state index contributed by atoms with van der Waals surface area (Å²) in [6.45, 7) is 1.93. The van der Waals surface area contributed by atoms with Gasteiger partial charge < -0.3 is 15.6 Å². The molecule has 4 rings (SSSR count). The Morgan fingerprint density at radius 2 is 1.85 bits per heavy atom. The molecule has 2 aromatic carbocycles. The summed E-state index contributed by atoms with van der Waals surface area (Å²) in [5, 5.41) is 7.43. The number of hydrogen-bond donors (Lipinski definition) is 3. The fourth-order valence-corrected chi connectivity index (χ4v) is 3.21. The van der Waals surface area contributed by atoms with Crippen LogP contribution < -0.4 is 10.6 Å². The molecule has 2 amide bonds. The third-order valence-corrected chi connectivity index (χ3v) is 5.04. The van der Waals surface area contributed by atoms with Gasteiger partial charge in [-0.25, -0.2) is 0 Å². The molecular weight excluding hydrogens is 362 g/mol. The Morgan fingerprint density at radius 3 is 2.56 bits per heavy atom. The van der Waals surface area contributed by atoms with E-state index in [9.17, 15) is 9.59 Å². The number of fused-ring (bicyclic) bond motifs is 1. The molecule has 6 heteroatoms. The Labute approximate surface area is 162 Å². The van der Waals surface area contributed by atoms with E-state index in [0.717, 1.165) is 35.0 Å². The van der Waals surface area contributed by atoms with E-state index >= 15 is 0 Å². The van der Waals surface area contributed by atoms with E-state index in [2.05, 4.69) is 15.6 Å². The number of aromatic amines is 1. The second-order valence-corrected chi connectivity index (χ2v) is 7.43. The molecule has 3 aromatic rings. The summed E-state index contributed by atoms with van der Waals surface area (Å²) in [7, 11) is 0. The molecular formula is C21H20ClN3O2. The summed E-state index contributed by atoms with van der Waals surface area (Å²) in [6, 6.07) is 14.6. The lowest BCUT2D eigenvalue weighted by molar-refractivity contribution is -0.117. The summed E-state index contributed by atoms with van der Waals surface area (Å²) >= 11 is 6.00. The molecule has 0 aliphatic heterocycles. The van der Waals surface area contributed by atoms with E-state index in [1.54, 1.807) is 12.1 Å². The van der Waals surface area contributed by atoms with Crippen molar-refractivity contribution < 1.29 is 9.59 Å². The third kappa shape index (κ3) is 3.98. The highest BCUT2D eigenvalue weighted by molar-refractivity contribution is 6.31. The summed E-state index contributed by atoms with van der Waals surface area (Å²) < 4.78 is 0. The number of nitrogens with one attached hydrogen (secondary N) is 3. The Hall–Kier alpha value is -2.79. The minimum absolute atomic E-state index is 0.0861. The number of H-pyrrole nitrogens is 1. The number of carbonyl (C=O) groups excluding carboxylic acids is 2. The first-order chi connectivity index (χ1) is 13.0. The lowest BCUT2D eigenvalue weighted by Crippen LogP contribution is -2.26. The molecule has 1 atom stereocenters. The molecule has 1 fully saturated rings. The fourth-order valence-electron chi connectivity index (χ4n) is 3.03. The summed E-state index contributed by atoms with van der Waals surface area (Å²) in [5.41, 5.74) is 3.11. The molecule has 1 unspecified atom stereocenters. The molecule has 1 aliphatic rings. The fraction of sp³-hybridized carbons (Fsp3) is 0.238. The number of rotatable bonds is 5. The van der Waals surface area contributed by atoms with Gasteiger partial charge in [-0.1, -0.05) is 23.7 Å². The van der Waals surface area contributed by atoms with Crippen molar-refractivity contribution in [1.82, 2.24) is 10.3 Å². The standard InChI is InChI=1S/C21H20ClN3O2/c1-12(13-4-7-17(8-5-13)24-20(26)14-2-3-14)23-21(27)19-11-15-10-16(22)6-9-18(15)25-19/h4-12,14,25H,2-3H2,1H3,(H,23,27)(H,24,26). The Kier molecular flexibility index (Phi) is 4.62. The summed E-state index contributed by atoms with van der Waals surface area (Å²) in [4.78, 5) is 27.5. The van der Waals surface area contributed by atoms with Crippen LogP contribution in [0.2, 0.25) is 5.02 Å². The maximum Gasteiger partial charge on any atom is 0.268 e. The highest BCUT2D eigenvalue weighted by atomic mass is 35.5. The zero-order chi connectivity index (χ0) is 19.0. The van der Waals surface area contributed by atoms with Crippen molar-refractivity contribution in [2.75, 3.05) is 5.32 Å². The van der Waals surface area contributed by atoms with Gasteiger partial charge in [-0.05, 0) is 61.7 Å². The predicted molar refractivity (Wildman–Crippen MR) is 107 cm³/mol. The third-order valence-electron chi connectivity index (χ3n) is 4.80. The highest BCUT2D eigenvalue weighted by Gasteiger charge is 2.29. The van der Waals surface area contributed by atoms with Gasteiger partial charge in [-0.3, -0.25) is 9.59 Å². The number of anilines is 1. The minimum atomic E-state index is -0.180. The second kappa shape index (κ2) is 7.08. The number of hydrogen-bond acceptors (Lipinski definition) is 2. The van der Waals surface area contributed by atoms with E-state index < -0.39 is 0 Å². The van der Waals surface area contributed by atoms with Gasteiger partial charge in [0.05, 0.1) is 6.04 Å². The van der Waals surface area contributed by atoms with Crippen LogP contribution in [0.1, 0.15) is 41.9 Å². The van der Waals surface area contributed by atoms with Crippen LogP contribution in [0.3, 0.4) is 0 Å². The maximum absolute atomic E-state index is 12.5. The van der Waals surface area contributed by atoms with Crippen molar-refractivity contribution in [1.29, 1.82) is 0 Å². The first-order valence-corrected chi connectivity index (χ1v) is 9.37. The Balaban J connectivity index is 1.41. The van der Waals surface area contributed by atoms with Gasteiger partial charge in [0.25, 0.3) is 5.91 Å². The zero-order valence-electron chi connectivity index (χ0n) is 14.9. The van der Waals surface area contributed by atoms with Gasteiger partial charge in [-0.2, -0.15) is 0 Å². The highest BCUT2D eigenvalue weighted by Crippen LogP contribution is 2.30. The van der Waals surface area contributed by atoms with Gasteiger partial charge in [0.2, 0.25) is 5.91 Å². The molecule has 0 bridgehead atoms. The monoisotopic (exact) mass is 381 g/mol. The number of halogens is 1. The first kappa shape index (κ1) is 17.6. The largest absolute Gasteiger partial charge is 0.351 e. The lowest BCUT2D eigenvalue weighted by Gasteiger charge is -2.14. The number of aromatic nitrogens is 1. The van der Waals surface area contributed by atoms with Crippen LogP contribution in [-0.2, 0) is 4.79 Å². The van der Waals surface area contributed by atoms with E-state index in [1.807, 2.05) is 43.3 Å². The number of carbonyl (C=O) groups is 2. The van der Waals surface area contributed by atoms with Crippen molar-refractivity contribution in [3.05, 3.63) is 64.8 Å². The van der Waals surface area contributed by atoms with Gasteiger partial charge in [0.1, 0.15) is 5.69 Å². The van der Waals surface area contributed by atoms with E-state index in [1.165, 1.54) is 0 Å². The summed E-state index contributed by atoms with van der Waals surface area (Å²) in [5.74, 6) is 0.0815. The Bertz CT molecular complexity index is 1010. The molecule has 1 saturated carbocycles. The van der Waals surface area contributed by atoms with E-state index in [0.29, 0.717) is 10.7 Å². The van der Waals surface area contributed by atoms with Gasteiger partial charge in [0, 0.05) is 27.5 Å². The van der Waals surface area contributed by atoms with Gasteiger partial charge in [-0.15, -0.1) is 0 Å². The smallest absolute Gasteiger partial charge is 0.268 e. The van der Waals surface area contributed by atoms with Crippen LogP contribution >= 0.6 is 11.6 Å². The molecule has 27 heavy (non-hydrogen) atoms. The van der Waals surface area contributed by atoms with Crippen LogP contribution in [0, 0.1) is 5.92 Å². The molecule has 0 saturated heterocycles. The number of benzene rings is 2. The quantitative estimate of drug-likeness (QED) is 0.601. The molecule has 0 spiro atoms. The molecule has 1 aliphatic carbocycles. The van der Waals surface area contributed by atoms with Crippen molar-refractivity contribution in [3.63, 3.8) is 0 Å². The lowest BCUT2D eigenvalue weighted by atomic mass is 10.1. The average Bonchev–Trinajstić information content (AvgIpc) is 3.42. The summed E-state index contributed by atoms with van der Waals surface area (Å²) in [6.07, 6.45) is 1.96. The van der Waals surface area contributed by atoms with Crippen LogP contribution in [0.15, 0.2) is 48.5 Å². The topological polar surface area (TPSA) is 74.0 Å². The maximum atomic E-state index is 12.5. The van der Waals surface area contributed by atoms with Crippen LogP contribution in [0.4, 0.5) is 5.69 Å². The van der Waals surface area contributed by atoms with Crippen LogP contribution in [0.5, 0.6) is 0 Å². The van der Waals surface area contributed by atoms with E-state index in [-0.39, 0.29) is 23.8 Å². The molecule has 5 nitrogen and oxygen atoms in total. The SMILES string of the molecule is CC(NC(=O)c1cc2cc(Cl)ccc2[nH]1)c1ccc(NC(=O)C2CC2)cc1. The molecule has 1 heterocycles. The molecule has 1 aromatic heterocycles. The molecule has 0 radical (unpaired) electrons. The van der Waals surface area contributed by atoms with Crippen LogP contribution in [0.25, 0.3) is 10.9 Å². The van der Waals surface area contributed by atoms with Gasteiger partial charge in [0.15, 0.2) is 0 Å². The normalized spacial score (nSPS) is 14.7. The minimum Gasteiger partial charge on any atom is -0.351 e. The predicted octanol–water partition coefficient (Wildman–Crippen LogP) is 4.66. The second-order valence-electron chi connectivity index (χ2n) is 7.00. The molecule has 138 valence electrons.